The third-order valence-electron chi connectivity index (χ3n) is 1.76. The van der Waals surface area contributed by atoms with Gasteiger partial charge in [0.15, 0.2) is 0 Å². The van der Waals surface area contributed by atoms with E-state index in [0.717, 1.165) is 5.56 Å². The molecule has 66 valence electrons. The summed E-state index contributed by atoms with van der Waals surface area (Å²) in [6.45, 7) is 0. The molecule has 2 heteroatoms. The lowest BCUT2D eigenvalue weighted by molar-refractivity contribution is 0.172. The third kappa shape index (κ3) is 3.24. The molecule has 0 amide bonds. The van der Waals surface area contributed by atoms with Gasteiger partial charge < -0.3 is 5.11 Å². The monoisotopic (exact) mass is 184 g/mol. The van der Waals surface area contributed by atoms with Gasteiger partial charge in [0.1, 0.15) is 0 Å². The standard InChI is InChI=1S/C10H13ClO/c11-7-6-10(12)8-9-4-2-1-3-5-9/h1-5,10,12H,6-8H2. The van der Waals surface area contributed by atoms with Gasteiger partial charge in [0, 0.05) is 5.88 Å². The molecule has 0 aliphatic carbocycles. The molecule has 1 N–H and O–H groups in total. The summed E-state index contributed by atoms with van der Waals surface area (Å²) in [5.74, 6) is 0.522. The van der Waals surface area contributed by atoms with E-state index in [1.807, 2.05) is 30.3 Å². The van der Waals surface area contributed by atoms with E-state index < -0.39 is 0 Å². The predicted molar refractivity (Wildman–Crippen MR) is 51.5 cm³/mol. The molecule has 1 aromatic carbocycles. The van der Waals surface area contributed by atoms with Gasteiger partial charge >= 0.3 is 0 Å². The molecule has 1 aromatic rings. The SMILES string of the molecule is OC(CCCl)Cc1ccccc1. The van der Waals surface area contributed by atoms with Crippen molar-refractivity contribution < 1.29 is 5.11 Å². The van der Waals surface area contributed by atoms with Gasteiger partial charge in [0.25, 0.3) is 0 Å². The van der Waals surface area contributed by atoms with Crippen molar-refractivity contribution in [2.45, 2.75) is 18.9 Å². The molecule has 12 heavy (non-hydrogen) atoms. The molecule has 0 saturated heterocycles. The van der Waals surface area contributed by atoms with E-state index in [-0.39, 0.29) is 6.10 Å². The zero-order chi connectivity index (χ0) is 8.81. The number of hydrogen-bond donors (Lipinski definition) is 1. The molecule has 0 spiro atoms. The molecule has 1 atom stereocenters. The Bertz CT molecular complexity index is 210. The number of aliphatic hydroxyl groups is 1. The van der Waals surface area contributed by atoms with Crippen LogP contribution in [-0.4, -0.2) is 17.1 Å². The van der Waals surface area contributed by atoms with Gasteiger partial charge in [-0.15, -0.1) is 11.6 Å². The molecule has 1 unspecified atom stereocenters. The summed E-state index contributed by atoms with van der Waals surface area (Å²) in [5, 5.41) is 9.42. The van der Waals surface area contributed by atoms with Crippen LogP contribution in [0.25, 0.3) is 0 Å². The van der Waals surface area contributed by atoms with Crippen molar-refractivity contribution in [3.63, 3.8) is 0 Å². The zero-order valence-electron chi connectivity index (χ0n) is 6.91. The molecule has 0 bridgehead atoms. The lowest BCUT2D eigenvalue weighted by Crippen LogP contribution is -2.10. The minimum atomic E-state index is -0.301. The van der Waals surface area contributed by atoms with Gasteiger partial charge in [-0.3, -0.25) is 0 Å². The lowest BCUT2D eigenvalue weighted by Gasteiger charge is -2.07. The fourth-order valence-corrected chi connectivity index (χ4v) is 1.37. The first-order valence-electron chi connectivity index (χ1n) is 4.11. The lowest BCUT2D eigenvalue weighted by atomic mass is 10.1. The summed E-state index contributed by atoms with van der Waals surface area (Å²) >= 11 is 5.50. The first-order chi connectivity index (χ1) is 5.83. The number of alkyl halides is 1. The van der Waals surface area contributed by atoms with Crippen molar-refractivity contribution in [1.82, 2.24) is 0 Å². The minimum absolute atomic E-state index is 0.301. The van der Waals surface area contributed by atoms with E-state index in [1.54, 1.807) is 0 Å². The smallest absolute Gasteiger partial charge is 0.0591 e. The zero-order valence-corrected chi connectivity index (χ0v) is 7.67. The fourth-order valence-electron chi connectivity index (χ4n) is 1.11. The van der Waals surface area contributed by atoms with Gasteiger partial charge in [-0.2, -0.15) is 0 Å². The predicted octanol–water partition coefficient (Wildman–Crippen LogP) is 2.22. The topological polar surface area (TPSA) is 20.2 Å². The fraction of sp³-hybridized carbons (Fsp3) is 0.400. The van der Waals surface area contributed by atoms with Crippen LogP contribution in [0.3, 0.4) is 0 Å². The highest BCUT2D eigenvalue weighted by molar-refractivity contribution is 6.17. The van der Waals surface area contributed by atoms with Gasteiger partial charge in [-0.25, -0.2) is 0 Å². The molecule has 0 heterocycles. The Kier molecular flexibility index (Phi) is 4.12. The van der Waals surface area contributed by atoms with Crippen molar-refractivity contribution in [2.24, 2.45) is 0 Å². The van der Waals surface area contributed by atoms with E-state index in [0.29, 0.717) is 18.7 Å². The molecular weight excluding hydrogens is 172 g/mol. The Hall–Kier alpha value is -0.530. The van der Waals surface area contributed by atoms with Crippen LogP contribution in [0.5, 0.6) is 0 Å². The van der Waals surface area contributed by atoms with Crippen molar-refractivity contribution in [3.05, 3.63) is 35.9 Å². The first-order valence-corrected chi connectivity index (χ1v) is 4.64. The van der Waals surface area contributed by atoms with Gasteiger partial charge in [0.2, 0.25) is 0 Å². The summed E-state index contributed by atoms with van der Waals surface area (Å²) in [6, 6.07) is 9.94. The largest absolute Gasteiger partial charge is 0.393 e. The summed E-state index contributed by atoms with van der Waals surface area (Å²) in [5.41, 5.74) is 1.16. The van der Waals surface area contributed by atoms with E-state index >= 15 is 0 Å². The van der Waals surface area contributed by atoms with Crippen molar-refractivity contribution in [3.8, 4) is 0 Å². The van der Waals surface area contributed by atoms with Crippen molar-refractivity contribution >= 4 is 11.6 Å². The van der Waals surface area contributed by atoms with Crippen molar-refractivity contribution in [2.75, 3.05) is 5.88 Å². The molecule has 0 radical (unpaired) electrons. The van der Waals surface area contributed by atoms with E-state index in [2.05, 4.69) is 0 Å². The number of hydrogen-bond acceptors (Lipinski definition) is 1. The molecule has 0 aliphatic rings. The van der Waals surface area contributed by atoms with Crippen LogP contribution in [0.15, 0.2) is 30.3 Å². The first kappa shape index (κ1) is 9.56. The van der Waals surface area contributed by atoms with Gasteiger partial charge in [0.05, 0.1) is 6.10 Å². The highest BCUT2D eigenvalue weighted by Crippen LogP contribution is 2.05. The van der Waals surface area contributed by atoms with E-state index in [1.165, 1.54) is 0 Å². The summed E-state index contributed by atoms with van der Waals surface area (Å²) in [4.78, 5) is 0. The molecule has 1 nitrogen and oxygen atoms in total. The van der Waals surface area contributed by atoms with E-state index in [9.17, 15) is 5.11 Å². The van der Waals surface area contributed by atoms with Crippen LogP contribution in [0.2, 0.25) is 0 Å². The van der Waals surface area contributed by atoms with E-state index in [4.69, 9.17) is 11.6 Å². The minimum Gasteiger partial charge on any atom is -0.393 e. The van der Waals surface area contributed by atoms with Crippen LogP contribution in [0, 0.1) is 0 Å². The molecule has 0 aliphatic heterocycles. The Morgan fingerprint density at radius 1 is 1.25 bits per heavy atom. The maximum Gasteiger partial charge on any atom is 0.0591 e. The third-order valence-corrected chi connectivity index (χ3v) is 1.97. The quantitative estimate of drug-likeness (QED) is 0.712. The summed E-state index contributed by atoms with van der Waals surface area (Å²) in [6.07, 6.45) is 1.06. The Balaban J connectivity index is 2.41. The average molecular weight is 185 g/mol. The maximum atomic E-state index is 9.42. The van der Waals surface area contributed by atoms with Gasteiger partial charge in [-0.05, 0) is 18.4 Å². The second-order valence-electron chi connectivity index (χ2n) is 2.82. The molecule has 1 rings (SSSR count). The number of rotatable bonds is 4. The summed E-state index contributed by atoms with van der Waals surface area (Å²) < 4.78 is 0. The summed E-state index contributed by atoms with van der Waals surface area (Å²) in [7, 11) is 0. The maximum absolute atomic E-state index is 9.42. The van der Waals surface area contributed by atoms with Gasteiger partial charge in [-0.1, -0.05) is 30.3 Å². The average Bonchev–Trinajstić information content (AvgIpc) is 2.06. The number of benzene rings is 1. The van der Waals surface area contributed by atoms with Crippen LogP contribution >= 0.6 is 11.6 Å². The molecular formula is C10H13ClO. The Labute approximate surface area is 78.0 Å². The Morgan fingerprint density at radius 3 is 2.50 bits per heavy atom. The molecule has 0 aromatic heterocycles. The molecule has 0 saturated carbocycles. The van der Waals surface area contributed by atoms with Crippen LogP contribution in [-0.2, 0) is 6.42 Å². The van der Waals surface area contributed by atoms with Crippen molar-refractivity contribution in [1.29, 1.82) is 0 Å². The highest BCUT2D eigenvalue weighted by Gasteiger charge is 2.03. The second-order valence-corrected chi connectivity index (χ2v) is 3.20. The second kappa shape index (κ2) is 5.18. The normalized spacial score (nSPS) is 12.8. The highest BCUT2D eigenvalue weighted by atomic mass is 35.5. The number of aliphatic hydroxyl groups excluding tert-OH is 1. The van der Waals surface area contributed by atoms with Crippen LogP contribution in [0.4, 0.5) is 0 Å². The van der Waals surface area contributed by atoms with Crippen LogP contribution < -0.4 is 0 Å². The molecule has 0 fully saturated rings. The number of halogens is 1. The van der Waals surface area contributed by atoms with Crippen LogP contribution in [0.1, 0.15) is 12.0 Å². The Morgan fingerprint density at radius 2 is 1.92 bits per heavy atom.